The van der Waals surface area contributed by atoms with Crippen molar-refractivity contribution in [1.82, 2.24) is 24.8 Å². The first kappa shape index (κ1) is 30.1. The molecule has 4 heterocycles. The van der Waals surface area contributed by atoms with E-state index in [-0.39, 0.29) is 55.3 Å². The van der Waals surface area contributed by atoms with E-state index in [2.05, 4.69) is 30.4 Å². The van der Waals surface area contributed by atoms with Crippen LogP contribution in [-0.4, -0.2) is 89.9 Å². The molecule has 6 atom stereocenters. The highest BCUT2D eigenvalue weighted by Gasteiger charge is 2.76. The molecular weight excluding hydrogens is 576 g/mol. The molecule has 6 rings (SSSR count). The lowest BCUT2D eigenvalue weighted by Crippen LogP contribution is -2.57. The highest BCUT2D eigenvalue weighted by atomic mass is 32.2. The van der Waals surface area contributed by atoms with Crippen molar-refractivity contribution in [3.63, 3.8) is 0 Å². The van der Waals surface area contributed by atoms with Crippen molar-refractivity contribution in [3.05, 3.63) is 79.9 Å². The molecule has 1 spiro atoms. The molecule has 2 aromatic carbocycles. The molecule has 10 nitrogen and oxygen atoms in total. The van der Waals surface area contributed by atoms with Crippen LogP contribution in [0.1, 0.15) is 19.8 Å². The Hall–Kier alpha value is -3.96. The van der Waals surface area contributed by atoms with Crippen LogP contribution in [0.15, 0.2) is 79.9 Å². The molecule has 3 saturated heterocycles. The van der Waals surface area contributed by atoms with Crippen molar-refractivity contribution in [1.29, 1.82) is 0 Å². The van der Waals surface area contributed by atoms with Crippen LogP contribution in [0.25, 0.3) is 11.0 Å². The first-order valence-corrected chi connectivity index (χ1v) is 16.0. The number of fused-ring (bicyclic) bond motifs is 2. The standard InChI is InChI=1S/C33H38N6O4S/c1-4-16-36(21-39-25-15-10-9-14-24(25)34-35-39)32(43)29-33-22(3)20-26(44-33)27(28(33)31(42)38(29)18-11-19-40)30(41)37(17-5-2)23-12-7-6-8-13-23/h4-10,12-15,22,26-29,40H,1-2,11,16-21H2,3H3/t22?,26-,27+,28-,29?,33?/m0/s1. The van der Waals surface area contributed by atoms with Crippen molar-refractivity contribution < 1.29 is 19.5 Å². The fourth-order valence-corrected chi connectivity index (χ4v) is 9.94. The zero-order valence-electron chi connectivity index (χ0n) is 24.9. The van der Waals surface area contributed by atoms with Gasteiger partial charge >= 0.3 is 0 Å². The fourth-order valence-electron chi connectivity index (χ4n) is 7.53. The van der Waals surface area contributed by atoms with E-state index < -0.39 is 22.6 Å². The molecule has 2 bridgehead atoms. The quantitative estimate of drug-likeness (QED) is 0.312. The Labute approximate surface area is 261 Å². The number of aromatic nitrogens is 3. The number of amides is 3. The number of nitrogens with zero attached hydrogens (tertiary/aromatic N) is 6. The highest BCUT2D eigenvalue weighted by Crippen LogP contribution is 2.69. The molecule has 3 amide bonds. The summed E-state index contributed by atoms with van der Waals surface area (Å²) in [5.41, 5.74) is 2.27. The van der Waals surface area contributed by atoms with E-state index in [4.69, 9.17) is 0 Å². The second-order valence-electron chi connectivity index (χ2n) is 11.8. The molecule has 3 aliphatic rings. The maximum atomic E-state index is 14.8. The lowest BCUT2D eigenvalue weighted by Gasteiger charge is -2.41. The third-order valence-electron chi connectivity index (χ3n) is 9.35. The molecule has 3 unspecified atom stereocenters. The van der Waals surface area contributed by atoms with Gasteiger partial charge in [0.05, 0.1) is 22.1 Å². The Bertz CT molecular complexity index is 1580. The van der Waals surface area contributed by atoms with Crippen LogP contribution in [0.3, 0.4) is 0 Å². The van der Waals surface area contributed by atoms with Gasteiger partial charge in [0.1, 0.15) is 18.2 Å². The molecule has 3 aliphatic heterocycles. The van der Waals surface area contributed by atoms with Gasteiger partial charge in [0, 0.05) is 37.2 Å². The van der Waals surface area contributed by atoms with Gasteiger partial charge in [-0.2, -0.15) is 0 Å². The molecule has 3 aromatic rings. The Balaban J connectivity index is 1.39. The number of aliphatic hydroxyl groups excluding tert-OH is 1. The second kappa shape index (κ2) is 12.2. The molecule has 1 aromatic heterocycles. The minimum absolute atomic E-state index is 0.0194. The number of hydrogen-bond acceptors (Lipinski definition) is 7. The van der Waals surface area contributed by atoms with Crippen molar-refractivity contribution in [2.24, 2.45) is 17.8 Å². The Morgan fingerprint density at radius 2 is 1.82 bits per heavy atom. The van der Waals surface area contributed by atoms with Crippen LogP contribution >= 0.6 is 11.8 Å². The second-order valence-corrected chi connectivity index (χ2v) is 13.4. The molecular formula is C33H38N6O4S. The van der Waals surface area contributed by atoms with E-state index in [9.17, 15) is 19.5 Å². The number of thioether (sulfide) groups is 1. The molecule has 230 valence electrons. The van der Waals surface area contributed by atoms with E-state index in [1.807, 2.05) is 54.6 Å². The zero-order chi connectivity index (χ0) is 31.0. The Kier molecular flexibility index (Phi) is 8.34. The van der Waals surface area contributed by atoms with Gasteiger partial charge in [-0.15, -0.1) is 30.0 Å². The summed E-state index contributed by atoms with van der Waals surface area (Å²) >= 11 is 1.64. The lowest BCUT2D eigenvalue weighted by atomic mass is 9.65. The van der Waals surface area contributed by atoms with E-state index in [0.717, 1.165) is 23.1 Å². The van der Waals surface area contributed by atoms with Crippen molar-refractivity contribution in [2.75, 3.05) is 31.1 Å². The number of para-hydroxylation sites is 2. The van der Waals surface area contributed by atoms with Gasteiger partial charge in [-0.25, -0.2) is 4.68 Å². The average Bonchev–Trinajstić information content (AvgIpc) is 3.76. The van der Waals surface area contributed by atoms with Gasteiger partial charge in [0.2, 0.25) is 17.7 Å². The van der Waals surface area contributed by atoms with Gasteiger partial charge in [-0.05, 0) is 43.0 Å². The first-order chi connectivity index (χ1) is 21.4. The minimum Gasteiger partial charge on any atom is -0.396 e. The van der Waals surface area contributed by atoms with Gasteiger partial charge in [-0.3, -0.25) is 14.4 Å². The van der Waals surface area contributed by atoms with E-state index in [1.54, 1.807) is 43.3 Å². The van der Waals surface area contributed by atoms with E-state index in [1.165, 1.54) is 0 Å². The van der Waals surface area contributed by atoms with Crippen molar-refractivity contribution in [3.8, 4) is 0 Å². The lowest BCUT2D eigenvalue weighted by molar-refractivity contribution is -0.143. The fraction of sp³-hybridized carbons (Fsp3) is 0.424. The Morgan fingerprint density at radius 3 is 2.55 bits per heavy atom. The SMILES string of the molecule is C=CCN(Cn1nnc2ccccc21)C(=O)C1N(CCCO)C(=O)[C@@H]2[C@H](C(=O)N(CC=C)c3ccccc3)[C@@H]3CC(C)C12S3. The van der Waals surface area contributed by atoms with Gasteiger partial charge < -0.3 is 19.8 Å². The smallest absolute Gasteiger partial charge is 0.248 e. The number of rotatable bonds is 12. The van der Waals surface area contributed by atoms with Crippen LogP contribution in [0, 0.1) is 17.8 Å². The number of anilines is 1. The summed E-state index contributed by atoms with van der Waals surface area (Å²) in [6.07, 6.45) is 4.43. The monoisotopic (exact) mass is 614 g/mol. The zero-order valence-corrected chi connectivity index (χ0v) is 25.7. The number of benzene rings is 2. The van der Waals surface area contributed by atoms with Crippen LogP contribution in [0.4, 0.5) is 5.69 Å². The third kappa shape index (κ3) is 4.73. The third-order valence-corrected chi connectivity index (χ3v) is 11.4. The number of carbonyl (C=O) groups is 3. The maximum absolute atomic E-state index is 14.8. The predicted octanol–water partition coefficient (Wildman–Crippen LogP) is 3.34. The largest absolute Gasteiger partial charge is 0.396 e. The van der Waals surface area contributed by atoms with Crippen LogP contribution in [-0.2, 0) is 21.1 Å². The maximum Gasteiger partial charge on any atom is 0.248 e. The van der Waals surface area contributed by atoms with Gasteiger partial charge in [-0.1, -0.05) is 54.6 Å². The summed E-state index contributed by atoms with van der Waals surface area (Å²) in [6.45, 7) is 10.7. The molecule has 0 aliphatic carbocycles. The number of hydrogen-bond donors (Lipinski definition) is 1. The number of carbonyl (C=O) groups excluding carboxylic acids is 3. The number of aliphatic hydroxyl groups is 1. The summed E-state index contributed by atoms with van der Waals surface area (Å²) in [5, 5.41) is 18.2. The highest BCUT2D eigenvalue weighted by molar-refractivity contribution is 8.02. The summed E-state index contributed by atoms with van der Waals surface area (Å²) in [4.78, 5) is 48.7. The summed E-state index contributed by atoms with van der Waals surface area (Å²) in [5.74, 6) is -1.73. The van der Waals surface area contributed by atoms with Crippen LogP contribution < -0.4 is 4.90 Å². The van der Waals surface area contributed by atoms with Crippen LogP contribution in [0.5, 0.6) is 0 Å². The summed E-state index contributed by atoms with van der Waals surface area (Å²) < 4.78 is 0.901. The minimum atomic E-state index is -0.798. The Morgan fingerprint density at radius 1 is 1.09 bits per heavy atom. The van der Waals surface area contributed by atoms with E-state index >= 15 is 0 Å². The topological polar surface area (TPSA) is 112 Å². The average molecular weight is 615 g/mol. The normalized spacial score (nSPS) is 27.0. The van der Waals surface area contributed by atoms with Crippen molar-refractivity contribution in [2.45, 2.75) is 42.5 Å². The molecule has 11 heteroatoms. The van der Waals surface area contributed by atoms with Gasteiger partial charge in [0.25, 0.3) is 0 Å². The summed E-state index contributed by atoms with van der Waals surface area (Å²) in [6, 6.07) is 16.2. The molecule has 0 radical (unpaired) electrons. The molecule has 44 heavy (non-hydrogen) atoms. The van der Waals surface area contributed by atoms with Gasteiger partial charge in [0.15, 0.2) is 0 Å². The molecule has 0 saturated carbocycles. The van der Waals surface area contributed by atoms with E-state index in [0.29, 0.717) is 13.0 Å². The number of likely N-dealkylation sites (tertiary alicyclic amines) is 1. The predicted molar refractivity (Wildman–Crippen MR) is 171 cm³/mol. The molecule has 1 N–H and O–H groups in total. The van der Waals surface area contributed by atoms with Crippen molar-refractivity contribution >= 4 is 46.2 Å². The summed E-state index contributed by atoms with van der Waals surface area (Å²) in [7, 11) is 0. The molecule has 3 fully saturated rings. The first-order valence-electron chi connectivity index (χ1n) is 15.1. The van der Waals surface area contributed by atoms with Crippen LogP contribution in [0.2, 0.25) is 0 Å².